The van der Waals surface area contributed by atoms with E-state index in [2.05, 4.69) is 40.5 Å². The Morgan fingerprint density at radius 3 is 2.65 bits per heavy atom. The minimum Gasteiger partial charge on any atom is -0.335 e. The van der Waals surface area contributed by atoms with Crippen molar-refractivity contribution in [2.45, 2.75) is 31.2 Å². The van der Waals surface area contributed by atoms with E-state index in [-0.39, 0.29) is 0 Å². The van der Waals surface area contributed by atoms with Gasteiger partial charge in [0, 0.05) is 6.08 Å². The fourth-order valence-corrected chi connectivity index (χ4v) is 3.29. The zero-order chi connectivity index (χ0) is 15.7. The monoisotopic (exact) mass is 305 g/mol. The van der Waals surface area contributed by atoms with Crippen molar-refractivity contribution in [1.82, 2.24) is 10.1 Å². The maximum atomic E-state index is 6.37. The van der Waals surface area contributed by atoms with Gasteiger partial charge < -0.3 is 10.3 Å². The molecule has 116 valence electrons. The molecule has 1 aromatic heterocycles. The van der Waals surface area contributed by atoms with E-state index >= 15 is 0 Å². The summed E-state index contributed by atoms with van der Waals surface area (Å²) in [5.74, 6) is 1.14. The van der Waals surface area contributed by atoms with Gasteiger partial charge in [-0.1, -0.05) is 60.5 Å². The van der Waals surface area contributed by atoms with Crippen LogP contribution in [0, 0.1) is 0 Å². The second kappa shape index (κ2) is 5.63. The second-order valence-corrected chi connectivity index (χ2v) is 6.22. The Morgan fingerprint density at radius 2 is 1.78 bits per heavy atom. The lowest BCUT2D eigenvalue weighted by Gasteiger charge is -2.17. The Bertz CT molecular complexity index is 854. The minimum absolute atomic E-state index is 0.408. The molecule has 1 fully saturated rings. The van der Waals surface area contributed by atoms with Gasteiger partial charge in [0.15, 0.2) is 5.82 Å². The summed E-state index contributed by atoms with van der Waals surface area (Å²) in [5.41, 5.74) is 7.09. The molecule has 4 nitrogen and oxygen atoms in total. The van der Waals surface area contributed by atoms with Crippen molar-refractivity contribution >= 4 is 22.9 Å². The average Bonchev–Trinajstić information content (AvgIpc) is 3.23. The molecular weight excluding hydrogens is 286 g/mol. The first-order chi connectivity index (χ1) is 11.2. The summed E-state index contributed by atoms with van der Waals surface area (Å²) in [6, 6.07) is 14.5. The molecule has 0 unspecified atom stereocenters. The Kier molecular flexibility index (Phi) is 3.46. The van der Waals surface area contributed by atoms with Crippen LogP contribution in [0.4, 0.5) is 0 Å². The summed E-state index contributed by atoms with van der Waals surface area (Å²) in [6.07, 6.45) is 7.99. The lowest BCUT2D eigenvalue weighted by atomic mass is 9.99. The van der Waals surface area contributed by atoms with Gasteiger partial charge in [-0.25, -0.2) is 0 Å². The van der Waals surface area contributed by atoms with E-state index in [1.54, 1.807) is 0 Å². The van der Waals surface area contributed by atoms with Crippen molar-refractivity contribution in [2.75, 3.05) is 0 Å². The largest absolute Gasteiger partial charge is 0.335 e. The summed E-state index contributed by atoms with van der Waals surface area (Å²) in [6.45, 7) is 0. The molecule has 1 saturated carbocycles. The standard InChI is InChI=1S/C19H19N3O/c20-19(12-3-4-13-19)18-21-17(23-22-18)11-10-15-8-5-7-14-6-1-2-9-16(14)15/h1-2,5-11H,3-4,12-13,20H2/b11-10+. The highest BCUT2D eigenvalue weighted by Gasteiger charge is 2.35. The Morgan fingerprint density at radius 1 is 1.00 bits per heavy atom. The first-order valence-electron chi connectivity index (χ1n) is 8.04. The number of hydrogen-bond acceptors (Lipinski definition) is 4. The van der Waals surface area contributed by atoms with Crippen LogP contribution in [-0.2, 0) is 5.54 Å². The first kappa shape index (κ1) is 14.2. The van der Waals surface area contributed by atoms with Gasteiger partial charge in [-0.05, 0) is 35.3 Å². The van der Waals surface area contributed by atoms with Crippen molar-refractivity contribution in [1.29, 1.82) is 0 Å². The molecule has 1 aliphatic rings. The van der Waals surface area contributed by atoms with E-state index in [0.717, 1.165) is 31.2 Å². The van der Waals surface area contributed by atoms with Crippen molar-refractivity contribution in [3.63, 3.8) is 0 Å². The Labute approximate surface area is 135 Å². The van der Waals surface area contributed by atoms with Crippen LogP contribution in [0.1, 0.15) is 43.0 Å². The second-order valence-electron chi connectivity index (χ2n) is 6.22. The smallest absolute Gasteiger partial charge is 0.250 e. The molecule has 0 saturated heterocycles. The SMILES string of the molecule is NC1(c2noc(/C=C/c3cccc4ccccc34)n2)CCCC1. The molecule has 0 atom stereocenters. The van der Waals surface area contributed by atoms with E-state index in [1.165, 1.54) is 10.8 Å². The highest BCUT2D eigenvalue weighted by atomic mass is 16.5. The van der Waals surface area contributed by atoms with Crippen LogP contribution < -0.4 is 5.73 Å². The number of nitrogens with zero attached hydrogens (tertiary/aromatic N) is 2. The highest BCUT2D eigenvalue weighted by Crippen LogP contribution is 2.34. The normalized spacial score (nSPS) is 17.3. The molecule has 0 bridgehead atoms. The molecule has 0 aliphatic heterocycles. The van der Waals surface area contributed by atoms with Crippen LogP contribution >= 0.6 is 0 Å². The fraction of sp³-hybridized carbons (Fsp3) is 0.263. The third kappa shape index (κ3) is 2.66. The zero-order valence-corrected chi connectivity index (χ0v) is 12.9. The third-order valence-corrected chi connectivity index (χ3v) is 4.61. The Balaban J connectivity index is 1.62. The number of nitrogens with two attached hydrogens (primary N) is 1. The maximum absolute atomic E-state index is 6.37. The average molecular weight is 305 g/mol. The van der Waals surface area contributed by atoms with Crippen LogP contribution in [0.5, 0.6) is 0 Å². The predicted molar refractivity (Wildman–Crippen MR) is 91.5 cm³/mol. The summed E-state index contributed by atoms with van der Waals surface area (Å²) in [5, 5.41) is 6.50. The molecule has 0 radical (unpaired) electrons. The molecule has 4 heteroatoms. The zero-order valence-electron chi connectivity index (χ0n) is 12.9. The molecule has 0 spiro atoms. The number of benzene rings is 2. The topological polar surface area (TPSA) is 64.9 Å². The van der Waals surface area contributed by atoms with E-state index in [9.17, 15) is 0 Å². The van der Waals surface area contributed by atoms with Crippen molar-refractivity contribution in [2.24, 2.45) is 5.73 Å². The summed E-state index contributed by atoms with van der Waals surface area (Å²) >= 11 is 0. The predicted octanol–water partition coefficient (Wildman–Crippen LogP) is 4.12. The summed E-state index contributed by atoms with van der Waals surface area (Å²) in [4.78, 5) is 4.47. The van der Waals surface area contributed by atoms with Gasteiger partial charge in [-0.15, -0.1) is 0 Å². The van der Waals surface area contributed by atoms with Crippen LogP contribution in [0.25, 0.3) is 22.9 Å². The van der Waals surface area contributed by atoms with Crippen LogP contribution in [-0.4, -0.2) is 10.1 Å². The fourth-order valence-electron chi connectivity index (χ4n) is 3.29. The Hall–Kier alpha value is -2.46. The lowest BCUT2D eigenvalue weighted by molar-refractivity contribution is 0.364. The molecule has 0 amide bonds. The van der Waals surface area contributed by atoms with Gasteiger partial charge in [-0.2, -0.15) is 4.98 Å². The minimum atomic E-state index is -0.408. The van der Waals surface area contributed by atoms with Gasteiger partial charge in [0.05, 0.1) is 5.54 Å². The summed E-state index contributed by atoms with van der Waals surface area (Å²) in [7, 11) is 0. The van der Waals surface area contributed by atoms with Crippen molar-refractivity contribution in [3.8, 4) is 0 Å². The number of hydrogen-bond donors (Lipinski definition) is 1. The molecule has 2 N–H and O–H groups in total. The van der Waals surface area contributed by atoms with Gasteiger partial charge in [0.1, 0.15) is 0 Å². The van der Waals surface area contributed by atoms with Crippen LogP contribution in [0.15, 0.2) is 47.0 Å². The molecule has 1 heterocycles. The van der Waals surface area contributed by atoms with Gasteiger partial charge >= 0.3 is 0 Å². The summed E-state index contributed by atoms with van der Waals surface area (Å²) < 4.78 is 5.35. The third-order valence-electron chi connectivity index (χ3n) is 4.61. The molecule has 3 aromatic rings. The van der Waals surface area contributed by atoms with E-state index in [0.29, 0.717) is 11.7 Å². The van der Waals surface area contributed by atoms with Gasteiger partial charge in [-0.3, -0.25) is 0 Å². The lowest BCUT2D eigenvalue weighted by Crippen LogP contribution is -2.34. The molecular formula is C19H19N3O. The van der Waals surface area contributed by atoms with Crippen molar-refractivity contribution < 1.29 is 4.52 Å². The van der Waals surface area contributed by atoms with Crippen LogP contribution in [0.3, 0.4) is 0 Å². The van der Waals surface area contributed by atoms with E-state index in [1.807, 2.05) is 24.3 Å². The highest BCUT2D eigenvalue weighted by molar-refractivity contribution is 5.92. The van der Waals surface area contributed by atoms with E-state index in [4.69, 9.17) is 10.3 Å². The molecule has 23 heavy (non-hydrogen) atoms. The maximum Gasteiger partial charge on any atom is 0.250 e. The number of rotatable bonds is 3. The molecule has 2 aromatic carbocycles. The molecule has 1 aliphatic carbocycles. The number of aromatic nitrogens is 2. The van der Waals surface area contributed by atoms with Gasteiger partial charge in [0.2, 0.25) is 0 Å². The van der Waals surface area contributed by atoms with Crippen molar-refractivity contribution in [3.05, 3.63) is 59.7 Å². The first-order valence-corrected chi connectivity index (χ1v) is 8.04. The van der Waals surface area contributed by atoms with Crippen LogP contribution in [0.2, 0.25) is 0 Å². The van der Waals surface area contributed by atoms with E-state index < -0.39 is 5.54 Å². The quantitative estimate of drug-likeness (QED) is 0.790. The molecule has 4 rings (SSSR count). The number of fused-ring (bicyclic) bond motifs is 1. The van der Waals surface area contributed by atoms with Gasteiger partial charge in [0.25, 0.3) is 5.89 Å².